The minimum atomic E-state index is -0.230. The van der Waals surface area contributed by atoms with Crippen LogP contribution in [0.15, 0.2) is 24.3 Å². The second kappa shape index (κ2) is 7.25. The van der Waals surface area contributed by atoms with Crippen LogP contribution in [0.5, 0.6) is 0 Å². The molecule has 0 aliphatic heterocycles. The van der Waals surface area contributed by atoms with Gasteiger partial charge in [-0.2, -0.15) is 5.26 Å². The Bertz CT molecular complexity index is 395. The minimum absolute atomic E-state index is 0.230. The van der Waals surface area contributed by atoms with Crippen molar-refractivity contribution in [2.24, 2.45) is 0 Å². The Morgan fingerprint density at radius 3 is 2.65 bits per heavy atom. The van der Waals surface area contributed by atoms with Gasteiger partial charge in [0, 0.05) is 20.2 Å². The number of hydrogen-bond acceptors (Lipinski definition) is 3. The van der Waals surface area contributed by atoms with E-state index in [0.29, 0.717) is 25.3 Å². The van der Waals surface area contributed by atoms with Crippen LogP contribution in [0, 0.1) is 11.3 Å². The second-order valence-electron chi connectivity index (χ2n) is 3.41. The maximum Gasteiger partial charge on any atom is 0.315 e. The Labute approximate surface area is 100 Å². The largest absolute Gasteiger partial charge is 0.383 e. The van der Waals surface area contributed by atoms with E-state index in [1.165, 1.54) is 0 Å². The van der Waals surface area contributed by atoms with Crippen molar-refractivity contribution in [3.05, 3.63) is 35.4 Å². The fraction of sp³-hybridized carbons (Fsp3) is 0.333. The van der Waals surface area contributed by atoms with Gasteiger partial charge in [0.05, 0.1) is 18.2 Å². The van der Waals surface area contributed by atoms with Crippen LogP contribution >= 0.6 is 0 Å². The molecule has 17 heavy (non-hydrogen) atoms. The number of methoxy groups -OCH3 is 1. The predicted molar refractivity (Wildman–Crippen MR) is 63.3 cm³/mol. The lowest BCUT2D eigenvalue weighted by Gasteiger charge is -2.07. The van der Waals surface area contributed by atoms with Crippen LogP contribution in [0.4, 0.5) is 4.79 Å². The molecule has 0 heterocycles. The summed E-state index contributed by atoms with van der Waals surface area (Å²) in [5.74, 6) is 0. The molecule has 0 aliphatic rings. The summed E-state index contributed by atoms with van der Waals surface area (Å²) < 4.78 is 4.81. The standard InChI is InChI=1S/C12H15N3O2/c1-17-7-6-14-12(16)15-9-11-4-2-10(8-13)3-5-11/h2-5H,6-7,9H2,1H3,(H2,14,15,16). The smallest absolute Gasteiger partial charge is 0.315 e. The highest BCUT2D eigenvalue weighted by Crippen LogP contribution is 2.02. The Morgan fingerprint density at radius 1 is 1.35 bits per heavy atom. The molecule has 0 fully saturated rings. The lowest BCUT2D eigenvalue weighted by Crippen LogP contribution is -2.36. The van der Waals surface area contributed by atoms with Gasteiger partial charge < -0.3 is 15.4 Å². The summed E-state index contributed by atoms with van der Waals surface area (Å²) in [4.78, 5) is 11.3. The molecule has 0 saturated heterocycles. The average Bonchev–Trinajstić information content (AvgIpc) is 2.37. The van der Waals surface area contributed by atoms with Crippen molar-refractivity contribution in [2.75, 3.05) is 20.3 Å². The molecule has 0 atom stereocenters. The van der Waals surface area contributed by atoms with E-state index in [-0.39, 0.29) is 6.03 Å². The van der Waals surface area contributed by atoms with Gasteiger partial charge in [-0.3, -0.25) is 0 Å². The van der Waals surface area contributed by atoms with Crippen molar-refractivity contribution >= 4 is 6.03 Å². The van der Waals surface area contributed by atoms with Crippen LogP contribution in [0.2, 0.25) is 0 Å². The molecule has 0 unspecified atom stereocenters. The summed E-state index contributed by atoms with van der Waals surface area (Å²) >= 11 is 0. The van der Waals surface area contributed by atoms with E-state index in [0.717, 1.165) is 5.56 Å². The Kier molecular flexibility index (Phi) is 5.55. The first-order valence-electron chi connectivity index (χ1n) is 5.26. The van der Waals surface area contributed by atoms with Gasteiger partial charge in [-0.05, 0) is 17.7 Å². The van der Waals surface area contributed by atoms with E-state index in [1.54, 1.807) is 19.2 Å². The number of hydrogen-bond donors (Lipinski definition) is 2. The molecule has 0 aliphatic carbocycles. The average molecular weight is 233 g/mol. The molecule has 2 amide bonds. The second-order valence-corrected chi connectivity index (χ2v) is 3.41. The van der Waals surface area contributed by atoms with Crippen LogP contribution < -0.4 is 10.6 Å². The van der Waals surface area contributed by atoms with E-state index in [2.05, 4.69) is 10.6 Å². The number of carbonyl (C=O) groups excluding carboxylic acids is 1. The molecule has 1 aromatic rings. The van der Waals surface area contributed by atoms with E-state index in [1.807, 2.05) is 18.2 Å². The highest BCUT2D eigenvalue weighted by Gasteiger charge is 1.99. The summed E-state index contributed by atoms with van der Waals surface area (Å²) in [6.07, 6.45) is 0. The first kappa shape index (κ1) is 13.0. The third kappa shape index (κ3) is 5.00. The molecular weight excluding hydrogens is 218 g/mol. The van der Waals surface area contributed by atoms with Gasteiger partial charge in [0.15, 0.2) is 0 Å². The molecule has 1 aromatic carbocycles. The fourth-order valence-corrected chi connectivity index (χ4v) is 1.21. The first-order chi connectivity index (χ1) is 8.26. The van der Waals surface area contributed by atoms with Crippen LogP contribution in [-0.2, 0) is 11.3 Å². The van der Waals surface area contributed by atoms with Gasteiger partial charge in [-0.15, -0.1) is 0 Å². The number of ether oxygens (including phenoxy) is 1. The summed E-state index contributed by atoms with van der Waals surface area (Å²) in [6.45, 7) is 1.41. The van der Waals surface area contributed by atoms with Gasteiger partial charge in [-0.1, -0.05) is 12.1 Å². The Balaban J connectivity index is 2.30. The zero-order chi connectivity index (χ0) is 12.5. The molecule has 0 spiro atoms. The van der Waals surface area contributed by atoms with Crippen molar-refractivity contribution in [3.8, 4) is 6.07 Å². The van der Waals surface area contributed by atoms with Crippen LogP contribution in [0.25, 0.3) is 0 Å². The zero-order valence-electron chi connectivity index (χ0n) is 9.69. The molecule has 0 radical (unpaired) electrons. The highest BCUT2D eigenvalue weighted by molar-refractivity contribution is 5.73. The van der Waals surface area contributed by atoms with Crippen molar-refractivity contribution in [1.82, 2.24) is 10.6 Å². The summed E-state index contributed by atoms with van der Waals surface area (Å²) in [5.41, 5.74) is 1.56. The van der Waals surface area contributed by atoms with Crippen molar-refractivity contribution in [1.29, 1.82) is 5.26 Å². The number of benzene rings is 1. The number of nitrogens with one attached hydrogen (secondary N) is 2. The number of nitrogens with zero attached hydrogens (tertiary/aromatic N) is 1. The topological polar surface area (TPSA) is 74.2 Å². The molecule has 5 nitrogen and oxygen atoms in total. The monoisotopic (exact) mass is 233 g/mol. The van der Waals surface area contributed by atoms with Crippen LogP contribution in [0.3, 0.4) is 0 Å². The SMILES string of the molecule is COCCNC(=O)NCc1ccc(C#N)cc1. The summed E-state index contributed by atoms with van der Waals surface area (Å²) in [5, 5.41) is 14.0. The molecule has 90 valence electrons. The van der Waals surface area contributed by atoms with Crippen LogP contribution in [0.1, 0.15) is 11.1 Å². The summed E-state index contributed by atoms with van der Waals surface area (Å²) in [6, 6.07) is 8.88. The molecule has 0 saturated carbocycles. The van der Waals surface area contributed by atoms with E-state index in [4.69, 9.17) is 10.00 Å². The Hall–Kier alpha value is -2.06. The third-order valence-corrected chi connectivity index (χ3v) is 2.13. The first-order valence-corrected chi connectivity index (χ1v) is 5.26. The maximum absolute atomic E-state index is 11.3. The fourth-order valence-electron chi connectivity index (χ4n) is 1.21. The van der Waals surface area contributed by atoms with E-state index in [9.17, 15) is 4.79 Å². The third-order valence-electron chi connectivity index (χ3n) is 2.13. The highest BCUT2D eigenvalue weighted by atomic mass is 16.5. The molecular formula is C12H15N3O2. The van der Waals surface area contributed by atoms with Crippen LogP contribution in [-0.4, -0.2) is 26.3 Å². The molecule has 0 bridgehead atoms. The van der Waals surface area contributed by atoms with Crippen molar-refractivity contribution in [3.63, 3.8) is 0 Å². The number of nitriles is 1. The minimum Gasteiger partial charge on any atom is -0.383 e. The quantitative estimate of drug-likeness (QED) is 0.745. The molecule has 0 aromatic heterocycles. The van der Waals surface area contributed by atoms with Gasteiger partial charge in [-0.25, -0.2) is 4.79 Å². The lowest BCUT2D eigenvalue weighted by atomic mass is 10.1. The zero-order valence-corrected chi connectivity index (χ0v) is 9.69. The van der Waals surface area contributed by atoms with E-state index < -0.39 is 0 Å². The maximum atomic E-state index is 11.3. The Morgan fingerprint density at radius 2 is 2.06 bits per heavy atom. The predicted octanol–water partition coefficient (Wildman–Crippen LogP) is 1.00. The number of carbonyl (C=O) groups is 1. The van der Waals surface area contributed by atoms with Gasteiger partial charge in [0.1, 0.15) is 0 Å². The van der Waals surface area contributed by atoms with E-state index >= 15 is 0 Å². The number of amides is 2. The number of urea groups is 1. The van der Waals surface area contributed by atoms with Gasteiger partial charge in [0.2, 0.25) is 0 Å². The summed E-state index contributed by atoms with van der Waals surface area (Å²) in [7, 11) is 1.58. The van der Waals surface area contributed by atoms with Crippen molar-refractivity contribution in [2.45, 2.75) is 6.54 Å². The lowest BCUT2D eigenvalue weighted by molar-refractivity contribution is 0.196. The van der Waals surface area contributed by atoms with Crippen molar-refractivity contribution < 1.29 is 9.53 Å². The molecule has 1 rings (SSSR count). The van der Waals surface area contributed by atoms with Gasteiger partial charge >= 0.3 is 6.03 Å². The molecule has 5 heteroatoms. The number of rotatable bonds is 5. The molecule has 2 N–H and O–H groups in total. The normalized spacial score (nSPS) is 9.41. The van der Waals surface area contributed by atoms with Gasteiger partial charge in [0.25, 0.3) is 0 Å².